The van der Waals surface area contributed by atoms with Crippen molar-refractivity contribution in [2.75, 3.05) is 6.61 Å². The molecule has 3 aromatic heterocycles. The predicted octanol–water partition coefficient (Wildman–Crippen LogP) is 6.15. The van der Waals surface area contributed by atoms with Crippen LogP contribution >= 0.6 is 11.3 Å². The molecule has 0 atom stereocenters. The number of ether oxygens (including phenoxy) is 1. The molecule has 0 saturated carbocycles. The van der Waals surface area contributed by atoms with Crippen molar-refractivity contribution in [1.82, 2.24) is 24.4 Å². The summed E-state index contributed by atoms with van der Waals surface area (Å²) in [6, 6.07) is 27.8. The highest BCUT2D eigenvalue weighted by Crippen LogP contribution is 2.27. The van der Waals surface area contributed by atoms with E-state index in [2.05, 4.69) is 23.9 Å². The number of rotatable bonds is 9. The van der Waals surface area contributed by atoms with Crippen molar-refractivity contribution in [2.45, 2.75) is 20.3 Å². The molecule has 6 rings (SSSR count). The van der Waals surface area contributed by atoms with Crippen LogP contribution < -0.4 is 14.8 Å². The Bertz CT molecular complexity index is 1900. The third kappa shape index (κ3) is 6.02. The summed E-state index contributed by atoms with van der Waals surface area (Å²) in [7, 11) is 0. The smallest absolute Gasteiger partial charge is 0.291 e. The Kier molecular flexibility index (Phi) is 7.56. The third-order valence-corrected chi connectivity index (χ3v) is 7.52. The topological polar surface area (TPSA) is 74.3 Å². The highest BCUT2D eigenvalue weighted by Gasteiger charge is 2.14. The molecule has 6 aromatic rings. The van der Waals surface area contributed by atoms with E-state index in [-0.39, 0.29) is 5.56 Å². The molecule has 204 valence electrons. The monoisotopic (exact) mass is 559 g/mol. The number of aromatic nitrogens is 5. The highest BCUT2D eigenvalue weighted by molar-refractivity contribution is 7.15. The molecule has 0 saturated heterocycles. The first kappa shape index (κ1) is 26.4. The third-order valence-electron chi connectivity index (χ3n) is 6.56. The first-order valence-corrected chi connectivity index (χ1v) is 14.4. The molecular weight excluding hydrogens is 530 g/mol. The first-order chi connectivity index (χ1) is 20.0. The van der Waals surface area contributed by atoms with E-state index in [1.807, 2.05) is 114 Å². The van der Waals surface area contributed by atoms with Crippen LogP contribution in [0.1, 0.15) is 37.2 Å². The van der Waals surface area contributed by atoms with Gasteiger partial charge in [0.05, 0.1) is 16.8 Å². The van der Waals surface area contributed by atoms with Crippen LogP contribution in [0.5, 0.6) is 5.75 Å². The average Bonchev–Trinajstić information content (AvgIpc) is 3.68. The number of para-hydroxylation sites is 1. The van der Waals surface area contributed by atoms with Gasteiger partial charge in [0.25, 0.3) is 5.56 Å². The summed E-state index contributed by atoms with van der Waals surface area (Å²) in [6.07, 6.45) is 8.57. The fourth-order valence-electron chi connectivity index (χ4n) is 4.35. The molecule has 0 radical (unpaired) electrons. The van der Waals surface area contributed by atoms with E-state index in [4.69, 9.17) is 9.84 Å². The molecule has 0 N–H and O–H groups in total. The number of nitrogens with zero attached hydrogens (tertiary/aromatic N) is 5. The summed E-state index contributed by atoms with van der Waals surface area (Å²) in [5.41, 5.74) is 4.30. The average molecular weight is 560 g/mol. The van der Waals surface area contributed by atoms with Crippen molar-refractivity contribution in [3.8, 4) is 22.7 Å². The Labute approximate surface area is 241 Å². The standard InChI is InChI=1S/C33H29N5O2S/c1-23(2)19-20-40-28-16-14-25(15-17-28)31-26(22-37(36-31)27-11-7-4-8-12-27)21-29-32(39)38-33(41-29)34-30(35-38)18-13-24-9-5-3-6-10-24/h3-18,21-23H,19-20H2,1-2H3. The van der Waals surface area contributed by atoms with Gasteiger partial charge in [0, 0.05) is 17.3 Å². The summed E-state index contributed by atoms with van der Waals surface area (Å²) in [6.45, 7) is 5.05. The molecule has 7 nitrogen and oxygen atoms in total. The summed E-state index contributed by atoms with van der Waals surface area (Å²) in [5, 5.41) is 9.33. The number of fused-ring (bicyclic) bond motifs is 1. The second kappa shape index (κ2) is 11.7. The van der Waals surface area contributed by atoms with Crippen LogP contribution in [0.2, 0.25) is 0 Å². The zero-order chi connectivity index (χ0) is 28.2. The number of hydrogen-bond donors (Lipinski definition) is 0. The maximum absolute atomic E-state index is 13.3. The van der Waals surface area contributed by atoms with Gasteiger partial charge in [0.15, 0.2) is 5.82 Å². The normalized spacial score (nSPS) is 12.2. The lowest BCUT2D eigenvalue weighted by Gasteiger charge is -2.08. The van der Waals surface area contributed by atoms with Crippen molar-refractivity contribution >= 4 is 34.5 Å². The van der Waals surface area contributed by atoms with Crippen LogP contribution in [0.15, 0.2) is 95.9 Å². The SMILES string of the molecule is CC(C)CCOc1ccc(-c2nn(-c3ccccc3)cc2C=c2sc3nc(C=Cc4ccccc4)nn3c2=O)cc1. The molecule has 0 fully saturated rings. The number of benzene rings is 3. The first-order valence-electron chi connectivity index (χ1n) is 13.6. The lowest BCUT2D eigenvalue weighted by Crippen LogP contribution is -2.23. The van der Waals surface area contributed by atoms with Crippen molar-refractivity contribution in [2.24, 2.45) is 5.92 Å². The molecule has 0 unspecified atom stereocenters. The van der Waals surface area contributed by atoms with Gasteiger partial charge in [-0.05, 0) is 66.5 Å². The maximum atomic E-state index is 13.3. The minimum atomic E-state index is -0.204. The van der Waals surface area contributed by atoms with Crippen LogP contribution in [-0.2, 0) is 0 Å². The van der Waals surface area contributed by atoms with Crippen LogP contribution in [-0.4, -0.2) is 31.0 Å². The minimum Gasteiger partial charge on any atom is -0.494 e. The van der Waals surface area contributed by atoms with Crippen molar-refractivity contribution in [1.29, 1.82) is 0 Å². The Morgan fingerprint density at radius 2 is 1.63 bits per heavy atom. The van der Waals surface area contributed by atoms with Gasteiger partial charge >= 0.3 is 0 Å². The van der Waals surface area contributed by atoms with Crippen LogP contribution in [0.4, 0.5) is 0 Å². The van der Waals surface area contributed by atoms with E-state index >= 15 is 0 Å². The van der Waals surface area contributed by atoms with Gasteiger partial charge < -0.3 is 4.74 Å². The molecule has 41 heavy (non-hydrogen) atoms. The fraction of sp³-hybridized carbons (Fsp3) is 0.152. The van der Waals surface area contributed by atoms with E-state index in [1.54, 1.807) is 0 Å². The molecule has 0 spiro atoms. The van der Waals surface area contributed by atoms with Gasteiger partial charge in [-0.3, -0.25) is 4.79 Å². The summed E-state index contributed by atoms with van der Waals surface area (Å²) >= 11 is 1.31. The van der Waals surface area contributed by atoms with Crippen LogP contribution in [0.3, 0.4) is 0 Å². The molecule has 0 bridgehead atoms. The second-order valence-corrected chi connectivity index (χ2v) is 11.1. The Hall–Kier alpha value is -4.82. The summed E-state index contributed by atoms with van der Waals surface area (Å²) < 4.78 is 9.65. The lowest BCUT2D eigenvalue weighted by molar-refractivity contribution is 0.289. The number of hydrogen-bond acceptors (Lipinski definition) is 6. The Balaban J connectivity index is 1.35. The van der Waals surface area contributed by atoms with E-state index in [0.717, 1.165) is 40.2 Å². The van der Waals surface area contributed by atoms with Gasteiger partial charge in [0.1, 0.15) is 11.4 Å². The largest absolute Gasteiger partial charge is 0.494 e. The highest BCUT2D eigenvalue weighted by atomic mass is 32.1. The second-order valence-electron chi connectivity index (χ2n) is 10.1. The van der Waals surface area contributed by atoms with Crippen molar-refractivity contribution in [3.05, 3.63) is 123 Å². The van der Waals surface area contributed by atoms with Gasteiger partial charge in [-0.25, -0.2) is 4.68 Å². The van der Waals surface area contributed by atoms with Gasteiger partial charge in [0.2, 0.25) is 4.96 Å². The van der Waals surface area contributed by atoms with E-state index < -0.39 is 0 Å². The lowest BCUT2D eigenvalue weighted by atomic mass is 10.1. The number of thiazole rings is 1. The predicted molar refractivity (Wildman–Crippen MR) is 165 cm³/mol. The molecule has 0 aliphatic heterocycles. The van der Waals surface area contributed by atoms with Crippen LogP contribution in [0.25, 0.3) is 40.1 Å². The van der Waals surface area contributed by atoms with E-state index in [0.29, 0.717) is 27.8 Å². The van der Waals surface area contributed by atoms with E-state index in [9.17, 15) is 4.79 Å². The fourth-order valence-corrected chi connectivity index (χ4v) is 5.25. The van der Waals surface area contributed by atoms with Crippen LogP contribution in [0, 0.1) is 5.92 Å². The summed E-state index contributed by atoms with van der Waals surface area (Å²) in [4.78, 5) is 18.4. The van der Waals surface area contributed by atoms with Crippen molar-refractivity contribution in [3.63, 3.8) is 0 Å². The summed E-state index contributed by atoms with van der Waals surface area (Å²) in [5.74, 6) is 1.91. The quantitative estimate of drug-likeness (QED) is 0.213. The molecule has 0 aliphatic carbocycles. The van der Waals surface area contributed by atoms with Gasteiger partial charge in [-0.15, -0.1) is 5.10 Å². The molecular formula is C33H29N5O2S. The molecule has 8 heteroatoms. The zero-order valence-electron chi connectivity index (χ0n) is 22.8. The van der Waals surface area contributed by atoms with Crippen molar-refractivity contribution < 1.29 is 4.74 Å². The Morgan fingerprint density at radius 3 is 2.34 bits per heavy atom. The molecule has 0 amide bonds. The minimum absolute atomic E-state index is 0.204. The molecule has 0 aliphatic rings. The maximum Gasteiger partial charge on any atom is 0.291 e. The Morgan fingerprint density at radius 1 is 0.902 bits per heavy atom. The van der Waals surface area contributed by atoms with E-state index in [1.165, 1.54) is 15.9 Å². The molecule has 3 heterocycles. The van der Waals surface area contributed by atoms with Gasteiger partial charge in [-0.2, -0.15) is 14.6 Å². The zero-order valence-corrected chi connectivity index (χ0v) is 23.7. The van der Waals surface area contributed by atoms with Gasteiger partial charge in [-0.1, -0.05) is 79.8 Å². The molecule has 3 aromatic carbocycles.